The number of carbonyl (C=O) groups is 1. The predicted molar refractivity (Wildman–Crippen MR) is 61.8 cm³/mol. The van der Waals surface area contributed by atoms with Crippen LogP contribution in [0.2, 0.25) is 0 Å². The Balaban J connectivity index is 2.08. The van der Waals surface area contributed by atoms with Crippen LogP contribution in [0.15, 0.2) is 51.8 Å². The average molecular weight is 214 g/mol. The molecule has 1 aromatic rings. The highest BCUT2D eigenvalue weighted by Crippen LogP contribution is 2.40. The molecule has 1 aliphatic heterocycles. The molecule has 0 N–H and O–H groups in total. The van der Waals surface area contributed by atoms with Crippen LogP contribution in [-0.4, -0.2) is 5.78 Å². The van der Waals surface area contributed by atoms with Crippen molar-refractivity contribution in [2.75, 3.05) is 0 Å². The summed E-state index contributed by atoms with van der Waals surface area (Å²) < 4.78 is 0. The monoisotopic (exact) mass is 214 g/mol. The van der Waals surface area contributed by atoms with E-state index < -0.39 is 0 Å². The summed E-state index contributed by atoms with van der Waals surface area (Å²) in [5.41, 5.74) is 2.28. The molecule has 1 nitrogen and oxygen atoms in total. The molecule has 0 unspecified atom stereocenters. The Morgan fingerprint density at radius 1 is 1.20 bits per heavy atom. The molecule has 0 aromatic heterocycles. The number of benzene rings is 1. The molecule has 3 rings (SSSR count). The van der Waals surface area contributed by atoms with Gasteiger partial charge in [-0.15, -0.1) is 0 Å². The Labute approximate surface area is 92.9 Å². The van der Waals surface area contributed by atoms with Gasteiger partial charge in [0.15, 0.2) is 5.78 Å². The minimum Gasteiger partial charge on any atom is -0.294 e. The molecular formula is C13H10OS. The number of Topliss-reactive ketones (excluding diaryl/α,β-unsaturated/α-hetero) is 1. The Morgan fingerprint density at radius 3 is 3.00 bits per heavy atom. The van der Waals surface area contributed by atoms with E-state index in [0.29, 0.717) is 6.42 Å². The smallest absolute Gasteiger partial charge is 0.164 e. The number of carbonyl (C=O) groups excluding carboxylic acids is 1. The molecule has 1 heterocycles. The lowest BCUT2D eigenvalue weighted by Gasteiger charge is -2.21. The van der Waals surface area contributed by atoms with Gasteiger partial charge in [-0.1, -0.05) is 42.1 Å². The van der Waals surface area contributed by atoms with Crippen molar-refractivity contribution in [3.05, 3.63) is 52.5 Å². The summed E-state index contributed by atoms with van der Waals surface area (Å²) in [6.07, 6.45) is 5.42. The van der Waals surface area contributed by atoms with Crippen molar-refractivity contribution < 1.29 is 4.79 Å². The molecule has 2 aliphatic rings. The van der Waals surface area contributed by atoms with E-state index in [4.69, 9.17) is 0 Å². The fourth-order valence-electron chi connectivity index (χ4n) is 1.97. The van der Waals surface area contributed by atoms with Gasteiger partial charge in [-0.2, -0.15) is 0 Å². The number of hydrogen-bond acceptors (Lipinski definition) is 2. The number of allylic oxidation sites excluding steroid dienone is 3. The summed E-state index contributed by atoms with van der Waals surface area (Å²) in [5.74, 6) is 0.287. The van der Waals surface area contributed by atoms with E-state index in [2.05, 4.69) is 18.2 Å². The van der Waals surface area contributed by atoms with E-state index in [1.807, 2.05) is 18.2 Å². The summed E-state index contributed by atoms with van der Waals surface area (Å²) in [6.45, 7) is 0. The van der Waals surface area contributed by atoms with Crippen molar-refractivity contribution in [1.82, 2.24) is 0 Å². The van der Waals surface area contributed by atoms with Gasteiger partial charge in [0.25, 0.3) is 0 Å². The van der Waals surface area contributed by atoms with Gasteiger partial charge >= 0.3 is 0 Å². The Bertz CT molecular complexity index is 497. The molecule has 74 valence electrons. The second kappa shape index (κ2) is 3.38. The predicted octanol–water partition coefficient (Wildman–Crippen LogP) is 3.12. The minimum absolute atomic E-state index is 0.287. The van der Waals surface area contributed by atoms with Crippen molar-refractivity contribution in [3.8, 4) is 0 Å². The molecule has 1 aromatic carbocycles. The second-order valence-electron chi connectivity index (χ2n) is 3.76. The number of thioether (sulfide) groups is 1. The molecule has 2 heteroatoms. The topological polar surface area (TPSA) is 17.1 Å². The molecule has 0 spiro atoms. The van der Waals surface area contributed by atoms with Gasteiger partial charge in [0.2, 0.25) is 0 Å². The van der Waals surface area contributed by atoms with E-state index in [1.165, 1.54) is 10.5 Å². The highest BCUT2D eigenvalue weighted by Gasteiger charge is 2.23. The maximum Gasteiger partial charge on any atom is 0.164 e. The number of rotatable bonds is 0. The van der Waals surface area contributed by atoms with E-state index in [0.717, 1.165) is 16.9 Å². The van der Waals surface area contributed by atoms with Crippen molar-refractivity contribution in [2.45, 2.75) is 17.7 Å². The zero-order valence-electron chi connectivity index (χ0n) is 8.19. The maximum absolute atomic E-state index is 11.7. The number of hydrogen-bond donors (Lipinski definition) is 0. The van der Waals surface area contributed by atoms with Crippen molar-refractivity contribution in [1.29, 1.82) is 0 Å². The quantitative estimate of drug-likeness (QED) is 0.660. The van der Waals surface area contributed by atoms with Crippen LogP contribution >= 0.6 is 11.8 Å². The lowest BCUT2D eigenvalue weighted by molar-refractivity contribution is -0.115. The van der Waals surface area contributed by atoms with Crippen LogP contribution in [0.5, 0.6) is 0 Å². The van der Waals surface area contributed by atoms with Crippen LogP contribution in [-0.2, 0) is 11.2 Å². The summed E-state index contributed by atoms with van der Waals surface area (Å²) in [4.78, 5) is 14.1. The van der Waals surface area contributed by atoms with Crippen LogP contribution in [0.4, 0.5) is 0 Å². The first-order chi connectivity index (χ1) is 7.34. The van der Waals surface area contributed by atoms with Crippen LogP contribution in [0.3, 0.4) is 0 Å². The third-order valence-corrected chi connectivity index (χ3v) is 3.99. The van der Waals surface area contributed by atoms with Gasteiger partial charge in [0.1, 0.15) is 0 Å². The van der Waals surface area contributed by atoms with Gasteiger partial charge < -0.3 is 0 Å². The van der Waals surface area contributed by atoms with Gasteiger partial charge in [0.05, 0.1) is 0 Å². The van der Waals surface area contributed by atoms with Gasteiger partial charge in [-0.3, -0.25) is 4.79 Å². The molecular weight excluding hydrogens is 204 g/mol. The van der Waals surface area contributed by atoms with E-state index in [9.17, 15) is 4.79 Å². The Morgan fingerprint density at radius 2 is 2.07 bits per heavy atom. The first-order valence-electron chi connectivity index (χ1n) is 5.03. The Kier molecular flexibility index (Phi) is 2.03. The van der Waals surface area contributed by atoms with Gasteiger partial charge in [-0.25, -0.2) is 0 Å². The largest absolute Gasteiger partial charge is 0.294 e. The zero-order chi connectivity index (χ0) is 10.3. The normalized spacial score (nSPS) is 18.8. The van der Waals surface area contributed by atoms with Crippen molar-refractivity contribution >= 4 is 17.5 Å². The van der Waals surface area contributed by atoms with Crippen molar-refractivity contribution in [2.24, 2.45) is 0 Å². The first kappa shape index (κ1) is 8.98. The van der Waals surface area contributed by atoms with Crippen LogP contribution < -0.4 is 0 Å². The number of ketones is 1. The summed E-state index contributed by atoms with van der Waals surface area (Å²) in [7, 11) is 0. The van der Waals surface area contributed by atoms with Crippen LogP contribution in [0, 0.1) is 0 Å². The molecule has 0 fully saturated rings. The van der Waals surface area contributed by atoms with Crippen molar-refractivity contribution in [3.63, 3.8) is 0 Å². The number of fused-ring (bicyclic) bond motifs is 1. The lowest BCUT2D eigenvalue weighted by atomic mass is 9.96. The summed E-state index contributed by atoms with van der Waals surface area (Å²) in [6, 6.07) is 8.31. The molecule has 0 radical (unpaired) electrons. The second-order valence-corrected chi connectivity index (χ2v) is 4.84. The zero-order valence-corrected chi connectivity index (χ0v) is 9.01. The minimum atomic E-state index is 0.287. The fourth-order valence-corrected chi connectivity index (χ4v) is 3.10. The highest BCUT2D eigenvalue weighted by molar-refractivity contribution is 8.03. The third kappa shape index (κ3) is 1.45. The van der Waals surface area contributed by atoms with E-state index in [1.54, 1.807) is 11.8 Å². The molecule has 0 saturated carbocycles. The molecule has 1 aliphatic carbocycles. The van der Waals surface area contributed by atoms with Crippen LogP contribution in [0.1, 0.15) is 12.0 Å². The fraction of sp³-hybridized carbons (Fsp3) is 0.154. The summed E-state index contributed by atoms with van der Waals surface area (Å²) >= 11 is 1.72. The molecule has 0 saturated heterocycles. The molecule has 0 amide bonds. The van der Waals surface area contributed by atoms with Crippen LogP contribution in [0.25, 0.3) is 0 Å². The summed E-state index contributed by atoms with van der Waals surface area (Å²) in [5, 5.41) is 0. The van der Waals surface area contributed by atoms with E-state index >= 15 is 0 Å². The van der Waals surface area contributed by atoms with E-state index in [-0.39, 0.29) is 5.78 Å². The SMILES string of the molecule is O=C1CC=CC2=C1Cc1ccccc1S2. The third-order valence-electron chi connectivity index (χ3n) is 2.77. The molecule has 0 bridgehead atoms. The standard InChI is InChI=1S/C13H10OS/c14-11-5-3-7-13-10(11)8-9-4-1-2-6-12(9)15-13/h1-4,6-7H,5,8H2. The first-order valence-corrected chi connectivity index (χ1v) is 5.85. The molecule has 15 heavy (non-hydrogen) atoms. The Hall–Kier alpha value is -1.28. The molecule has 0 atom stereocenters. The van der Waals surface area contributed by atoms with Gasteiger partial charge in [0, 0.05) is 28.2 Å². The maximum atomic E-state index is 11.7. The average Bonchev–Trinajstić information content (AvgIpc) is 2.27. The van der Waals surface area contributed by atoms with Gasteiger partial charge in [-0.05, 0) is 11.6 Å². The lowest BCUT2D eigenvalue weighted by Crippen LogP contribution is -2.12. The highest BCUT2D eigenvalue weighted by atomic mass is 32.2.